The molecular formula is C39H52N4O7. The second-order valence-electron chi connectivity index (χ2n) is 18.3. The van der Waals surface area contributed by atoms with Crippen LogP contribution >= 0.6 is 0 Å². The fraction of sp³-hybridized carbons (Fsp3) is 0.692. The Labute approximate surface area is 294 Å². The number of nitro benzene ring substituents is 1. The number of phenols is 1. The number of rotatable bonds is 5. The maximum absolute atomic E-state index is 14.6. The topological polar surface area (TPSA) is 158 Å². The van der Waals surface area contributed by atoms with E-state index in [1.807, 2.05) is 13.0 Å². The summed E-state index contributed by atoms with van der Waals surface area (Å²) in [6.07, 6.45) is 10.9. The zero-order valence-corrected chi connectivity index (χ0v) is 30.5. The maximum atomic E-state index is 14.6. The van der Waals surface area contributed by atoms with Gasteiger partial charge in [0.05, 0.1) is 28.7 Å². The number of ketones is 1. The Hall–Kier alpha value is -3.60. The van der Waals surface area contributed by atoms with Gasteiger partial charge in [0, 0.05) is 5.92 Å². The molecule has 0 aliphatic heterocycles. The Bertz CT molecular complexity index is 1800. The van der Waals surface area contributed by atoms with Crippen molar-refractivity contribution in [2.45, 2.75) is 119 Å². The van der Waals surface area contributed by atoms with Gasteiger partial charge in [0.1, 0.15) is 23.7 Å². The van der Waals surface area contributed by atoms with Gasteiger partial charge in [-0.05, 0) is 122 Å². The van der Waals surface area contributed by atoms with Gasteiger partial charge in [-0.15, -0.1) is 5.10 Å². The Balaban J connectivity index is 1.13. The van der Waals surface area contributed by atoms with Crippen LogP contribution in [0, 0.1) is 60.4 Å². The van der Waals surface area contributed by atoms with Gasteiger partial charge in [0.25, 0.3) is 5.69 Å². The summed E-state index contributed by atoms with van der Waals surface area (Å²) in [5.74, 6) is -0.0768. The number of allylic oxidation sites excluding steroid dienone is 2. The van der Waals surface area contributed by atoms with Crippen LogP contribution in [0.25, 0.3) is 5.69 Å². The molecule has 2 aromatic rings. The van der Waals surface area contributed by atoms with Gasteiger partial charge >= 0.3 is 5.97 Å². The van der Waals surface area contributed by atoms with Gasteiger partial charge in [-0.1, -0.05) is 52.3 Å². The molecule has 0 radical (unpaired) electrons. The lowest BCUT2D eigenvalue weighted by Crippen LogP contribution is -2.66. The molecule has 4 saturated carbocycles. The van der Waals surface area contributed by atoms with Crippen molar-refractivity contribution in [1.29, 1.82) is 0 Å². The summed E-state index contributed by atoms with van der Waals surface area (Å²) in [5.41, 5.74) is -0.219. The maximum Gasteiger partial charge on any atom is 0.312 e. The summed E-state index contributed by atoms with van der Waals surface area (Å²) < 4.78 is 7.12. The van der Waals surface area contributed by atoms with E-state index in [-0.39, 0.29) is 86.4 Å². The number of hydrogen-bond donors (Lipinski definition) is 2. The number of phenolic OH excluding ortho intramolecular Hbond substituents is 1. The molecule has 5 aliphatic rings. The van der Waals surface area contributed by atoms with E-state index in [0.717, 1.165) is 51.0 Å². The van der Waals surface area contributed by atoms with E-state index in [4.69, 9.17) is 4.74 Å². The number of benzene rings is 1. The number of aliphatic hydroxyl groups excluding tert-OH is 1. The minimum absolute atomic E-state index is 0.0197. The Morgan fingerprint density at radius 2 is 1.76 bits per heavy atom. The van der Waals surface area contributed by atoms with Crippen LogP contribution < -0.4 is 0 Å². The van der Waals surface area contributed by atoms with E-state index in [1.165, 1.54) is 28.6 Å². The molecule has 0 bridgehead atoms. The average Bonchev–Trinajstić information content (AvgIpc) is 3.52. The molecule has 9 atom stereocenters. The standard InChI is InChI=1S/C39H52N4O7/c1-34(2)30-10-13-39(7)32(37(30,5)12-11-31(34)46)29(45)19-25-26-20-36(4,15-14-35(26,3)16-17-38(25,39)6)33(47)50-22-23-21-42(41-40-23)27-9-8-24(44)18-28(27)43(48)49/h8-9,18-19,21,26,30-32,44,46H,10-17,20,22H2,1-7H3/t26-,30-,31-,32+,35+,36-,37-,38+,39+/m0/s1. The zero-order chi connectivity index (χ0) is 36.2. The van der Waals surface area contributed by atoms with Gasteiger partial charge in [0.15, 0.2) is 5.78 Å². The minimum atomic E-state index is -0.761. The first-order valence-electron chi connectivity index (χ1n) is 18.3. The van der Waals surface area contributed by atoms with Crippen molar-refractivity contribution < 1.29 is 29.5 Å². The van der Waals surface area contributed by atoms with Crippen molar-refractivity contribution in [3.63, 3.8) is 0 Å². The normalized spacial score (nSPS) is 40.4. The number of fused-ring (bicyclic) bond motifs is 7. The Kier molecular flexibility index (Phi) is 7.80. The highest BCUT2D eigenvalue weighted by Crippen LogP contribution is 2.75. The quantitative estimate of drug-likeness (QED) is 0.187. The number of hydrogen-bond acceptors (Lipinski definition) is 9. The first-order valence-corrected chi connectivity index (χ1v) is 18.3. The molecule has 5 aliphatic carbocycles. The molecule has 4 fully saturated rings. The van der Waals surface area contributed by atoms with Crippen molar-refractivity contribution in [2.75, 3.05) is 0 Å². The third-order valence-corrected chi connectivity index (χ3v) is 15.3. The predicted octanol–water partition coefficient (Wildman–Crippen LogP) is 7.27. The van der Waals surface area contributed by atoms with Crippen LogP contribution in [0.1, 0.15) is 112 Å². The average molecular weight is 689 g/mol. The summed E-state index contributed by atoms with van der Waals surface area (Å²) in [6.45, 7) is 15.7. The number of aromatic nitrogens is 3. The number of aromatic hydroxyl groups is 1. The molecule has 0 amide bonds. The summed E-state index contributed by atoms with van der Waals surface area (Å²) in [4.78, 5) is 39.5. The molecule has 0 unspecified atom stereocenters. The number of nitro groups is 1. The molecular weight excluding hydrogens is 636 g/mol. The molecule has 270 valence electrons. The van der Waals surface area contributed by atoms with Crippen molar-refractivity contribution in [2.24, 2.45) is 50.2 Å². The molecule has 2 N–H and O–H groups in total. The van der Waals surface area contributed by atoms with Gasteiger partial charge in [0.2, 0.25) is 0 Å². The number of carbonyl (C=O) groups is 2. The SMILES string of the molecule is CC1(C)[C@@H](O)CC[C@]2(C)[C@H]3C(=O)C=C4[C@@H]5C[C@@](C)(C(=O)OCc6cn(-c7ccc(O)cc7[N+](=O)[O-])nn6)CC[C@]5(C)CC[C@@]4(C)[C@]3(C)CC[C@@H]12. The van der Waals surface area contributed by atoms with E-state index in [0.29, 0.717) is 18.5 Å². The Morgan fingerprint density at radius 3 is 2.48 bits per heavy atom. The monoisotopic (exact) mass is 688 g/mol. The highest BCUT2D eigenvalue weighted by molar-refractivity contribution is 5.95. The molecule has 50 heavy (non-hydrogen) atoms. The lowest BCUT2D eigenvalue weighted by molar-refractivity contribution is -0.384. The lowest BCUT2D eigenvalue weighted by Gasteiger charge is -2.70. The van der Waals surface area contributed by atoms with E-state index in [1.54, 1.807) is 0 Å². The van der Waals surface area contributed by atoms with E-state index in [2.05, 4.69) is 51.9 Å². The summed E-state index contributed by atoms with van der Waals surface area (Å²) in [6, 6.07) is 3.77. The van der Waals surface area contributed by atoms with Gasteiger partial charge in [-0.3, -0.25) is 19.7 Å². The summed E-state index contributed by atoms with van der Waals surface area (Å²) >= 11 is 0. The predicted molar refractivity (Wildman–Crippen MR) is 185 cm³/mol. The van der Waals surface area contributed by atoms with Gasteiger partial charge < -0.3 is 14.9 Å². The molecule has 1 heterocycles. The van der Waals surface area contributed by atoms with Crippen molar-refractivity contribution in [3.8, 4) is 11.4 Å². The van der Waals surface area contributed by atoms with Crippen LogP contribution in [0.4, 0.5) is 5.69 Å². The fourth-order valence-corrected chi connectivity index (χ4v) is 12.0. The molecule has 0 saturated heterocycles. The van der Waals surface area contributed by atoms with Gasteiger partial charge in [-0.2, -0.15) is 0 Å². The largest absolute Gasteiger partial charge is 0.508 e. The van der Waals surface area contributed by atoms with Crippen molar-refractivity contribution in [1.82, 2.24) is 15.0 Å². The molecule has 1 aromatic carbocycles. The number of esters is 1. The van der Waals surface area contributed by atoms with Crippen LogP contribution in [-0.4, -0.2) is 48.0 Å². The van der Waals surface area contributed by atoms with Crippen molar-refractivity contribution >= 4 is 17.4 Å². The van der Waals surface area contributed by atoms with Crippen LogP contribution in [0.3, 0.4) is 0 Å². The molecule has 1 aromatic heterocycles. The molecule has 7 rings (SSSR count). The zero-order valence-electron chi connectivity index (χ0n) is 30.5. The molecule has 11 heteroatoms. The number of nitrogens with zero attached hydrogens (tertiary/aromatic N) is 4. The number of aliphatic hydroxyl groups is 1. The van der Waals surface area contributed by atoms with Crippen molar-refractivity contribution in [3.05, 3.63) is 51.9 Å². The van der Waals surface area contributed by atoms with E-state index >= 15 is 0 Å². The number of carbonyl (C=O) groups excluding carboxylic acids is 2. The highest BCUT2D eigenvalue weighted by Gasteiger charge is 2.70. The lowest BCUT2D eigenvalue weighted by atomic mass is 9.33. The first kappa shape index (κ1) is 34.8. The van der Waals surface area contributed by atoms with Crippen LogP contribution in [0.15, 0.2) is 36.0 Å². The smallest absolute Gasteiger partial charge is 0.312 e. The number of ether oxygens (including phenoxy) is 1. The highest BCUT2D eigenvalue weighted by atomic mass is 16.6. The summed E-state index contributed by atoms with van der Waals surface area (Å²) in [7, 11) is 0. The van der Waals surface area contributed by atoms with Crippen LogP contribution in [0.5, 0.6) is 5.75 Å². The van der Waals surface area contributed by atoms with Crippen LogP contribution in [0.2, 0.25) is 0 Å². The fourth-order valence-electron chi connectivity index (χ4n) is 12.0. The van der Waals surface area contributed by atoms with E-state index < -0.39 is 10.3 Å². The summed E-state index contributed by atoms with van der Waals surface area (Å²) in [5, 5.41) is 40.4. The molecule has 11 nitrogen and oxygen atoms in total. The van der Waals surface area contributed by atoms with E-state index in [9.17, 15) is 29.9 Å². The third kappa shape index (κ3) is 4.84. The van der Waals surface area contributed by atoms with Crippen LogP contribution in [-0.2, 0) is 20.9 Å². The third-order valence-electron chi connectivity index (χ3n) is 15.3. The minimum Gasteiger partial charge on any atom is -0.508 e. The first-order chi connectivity index (χ1) is 23.3. The second kappa shape index (κ2) is 11.2. The van der Waals surface area contributed by atoms with Gasteiger partial charge in [-0.25, -0.2) is 4.68 Å². The Morgan fingerprint density at radius 1 is 1.04 bits per heavy atom. The second-order valence-corrected chi connectivity index (χ2v) is 18.3. The molecule has 0 spiro atoms.